The molecule has 0 saturated heterocycles. The molecule has 1 amide bonds. The number of carbonyl (C=O) groups is 1. The average Bonchev–Trinajstić information content (AvgIpc) is 2.28. The summed E-state index contributed by atoms with van der Waals surface area (Å²) in [7, 11) is 1.40. The maximum absolute atomic E-state index is 13.7. The predicted octanol–water partition coefficient (Wildman–Crippen LogP) is 2.48. The fraction of sp³-hybridized carbons (Fsp3) is 0.250. The second kappa shape index (κ2) is 4.57. The van der Waals surface area contributed by atoms with E-state index in [4.69, 9.17) is 16.7 Å². The Morgan fingerprint density at radius 1 is 1.39 bits per heavy atom. The van der Waals surface area contributed by atoms with Crippen molar-refractivity contribution in [2.45, 2.75) is 11.8 Å². The van der Waals surface area contributed by atoms with Crippen molar-refractivity contribution < 1.29 is 18.7 Å². The number of alkyl halides is 1. The van der Waals surface area contributed by atoms with Gasteiger partial charge in [0.1, 0.15) is 22.8 Å². The molecular weight excluding hydrogens is 264 g/mol. The van der Waals surface area contributed by atoms with Gasteiger partial charge >= 0.3 is 0 Å². The summed E-state index contributed by atoms with van der Waals surface area (Å²) in [5.41, 5.74) is -0.223. The van der Waals surface area contributed by atoms with Crippen molar-refractivity contribution in [1.29, 1.82) is 0 Å². The van der Waals surface area contributed by atoms with Gasteiger partial charge in [-0.25, -0.2) is 8.78 Å². The SMILES string of the molecule is CN1C(=O)C(Cl)CC=C1c1c(F)cc(O)cc1F. The quantitative estimate of drug-likeness (QED) is 0.799. The average molecular weight is 274 g/mol. The molecule has 96 valence electrons. The smallest absolute Gasteiger partial charge is 0.245 e. The Balaban J connectivity index is 2.53. The molecule has 0 fully saturated rings. The van der Waals surface area contributed by atoms with Crippen LogP contribution in [0.3, 0.4) is 0 Å². The van der Waals surface area contributed by atoms with Crippen molar-refractivity contribution in [3.63, 3.8) is 0 Å². The van der Waals surface area contributed by atoms with Crippen LogP contribution in [0.15, 0.2) is 18.2 Å². The number of aromatic hydroxyl groups is 1. The number of hydrogen-bond donors (Lipinski definition) is 1. The molecule has 18 heavy (non-hydrogen) atoms. The van der Waals surface area contributed by atoms with Crippen LogP contribution in [0.4, 0.5) is 8.78 Å². The maximum Gasteiger partial charge on any atom is 0.245 e. The van der Waals surface area contributed by atoms with E-state index in [1.54, 1.807) is 0 Å². The van der Waals surface area contributed by atoms with Gasteiger partial charge in [-0.15, -0.1) is 11.6 Å². The predicted molar refractivity (Wildman–Crippen MR) is 63.0 cm³/mol. The largest absolute Gasteiger partial charge is 0.508 e. The second-order valence-corrected chi connectivity index (χ2v) is 4.50. The molecule has 1 aromatic carbocycles. The third kappa shape index (κ3) is 2.06. The number of halogens is 3. The molecule has 0 bridgehead atoms. The van der Waals surface area contributed by atoms with Crippen LogP contribution in [0.5, 0.6) is 5.75 Å². The standard InChI is InChI=1S/C12H10ClF2NO2/c1-16-10(3-2-7(13)12(16)18)11-8(14)4-6(17)5-9(11)15/h3-5,7,17H,2H2,1H3. The summed E-state index contributed by atoms with van der Waals surface area (Å²) in [6.07, 6.45) is 1.71. The molecule has 1 aliphatic rings. The number of allylic oxidation sites excluding steroid dienone is 1. The molecule has 0 radical (unpaired) electrons. The Morgan fingerprint density at radius 3 is 2.50 bits per heavy atom. The fourth-order valence-electron chi connectivity index (χ4n) is 1.86. The highest BCUT2D eigenvalue weighted by molar-refractivity contribution is 6.31. The van der Waals surface area contributed by atoms with Crippen LogP contribution in [0.2, 0.25) is 0 Å². The van der Waals surface area contributed by atoms with E-state index in [1.165, 1.54) is 13.1 Å². The van der Waals surface area contributed by atoms with E-state index < -0.39 is 28.7 Å². The van der Waals surface area contributed by atoms with E-state index in [9.17, 15) is 13.6 Å². The molecule has 1 aromatic rings. The van der Waals surface area contributed by atoms with Crippen LogP contribution in [0.25, 0.3) is 5.70 Å². The molecule has 1 N–H and O–H groups in total. The number of phenolic OH excluding ortho intramolecular Hbond substituents is 1. The van der Waals surface area contributed by atoms with Gasteiger partial charge in [0.15, 0.2) is 0 Å². The highest BCUT2D eigenvalue weighted by Crippen LogP contribution is 2.31. The second-order valence-electron chi connectivity index (χ2n) is 3.97. The summed E-state index contributed by atoms with van der Waals surface area (Å²) in [6, 6.07) is 1.59. The van der Waals surface area contributed by atoms with Crippen LogP contribution >= 0.6 is 11.6 Å². The molecule has 0 aliphatic carbocycles. The van der Waals surface area contributed by atoms with Gasteiger partial charge in [0.2, 0.25) is 5.91 Å². The Bertz CT molecular complexity index is 522. The van der Waals surface area contributed by atoms with Gasteiger partial charge in [-0.2, -0.15) is 0 Å². The monoisotopic (exact) mass is 273 g/mol. The lowest BCUT2D eigenvalue weighted by Crippen LogP contribution is -2.36. The number of rotatable bonds is 1. The molecule has 6 heteroatoms. The summed E-state index contributed by atoms with van der Waals surface area (Å²) in [4.78, 5) is 12.8. The van der Waals surface area contributed by atoms with Crippen molar-refractivity contribution >= 4 is 23.2 Å². The maximum atomic E-state index is 13.7. The van der Waals surface area contributed by atoms with Crippen LogP contribution in [0.1, 0.15) is 12.0 Å². The molecule has 1 unspecified atom stereocenters. The molecular formula is C12H10ClF2NO2. The van der Waals surface area contributed by atoms with Crippen molar-refractivity contribution in [3.8, 4) is 5.75 Å². The Morgan fingerprint density at radius 2 is 1.94 bits per heavy atom. The van der Waals surface area contributed by atoms with Gasteiger partial charge in [-0.05, 0) is 6.42 Å². The van der Waals surface area contributed by atoms with Crippen molar-refractivity contribution in [1.82, 2.24) is 4.90 Å². The first-order valence-corrected chi connectivity index (χ1v) is 5.65. The minimum Gasteiger partial charge on any atom is -0.508 e. The van der Waals surface area contributed by atoms with Crippen LogP contribution in [-0.4, -0.2) is 28.3 Å². The lowest BCUT2D eigenvalue weighted by Gasteiger charge is -2.28. The minimum atomic E-state index is -0.925. The van der Waals surface area contributed by atoms with E-state index in [0.29, 0.717) is 0 Å². The highest BCUT2D eigenvalue weighted by atomic mass is 35.5. The van der Waals surface area contributed by atoms with E-state index >= 15 is 0 Å². The molecule has 3 nitrogen and oxygen atoms in total. The number of carbonyl (C=O) groups excluding carboxylic acids is 1. The molecule has 0 saturated carbocycles. The van der Waals surface area contributed by atoms with E-state index in [2.05, 4.69) is 0 Å². The van der Waals surface area contributed by atoms with Gasteiger partial charge in [-0.1, -0.05) is 6.08 Å². The Kier molecular flexibility index (Phi) is 3.26. The Hall–Kier alpha value is -1.62. The van der Waals surface area contributed by atoms with Gasteiger partial charge < -0.3 is 10.0 Å². The van der Waals surface area contributed by atoms with E-state index in [-0.39, 0.29) is 17.7 Å². The highest BCUT2D eigenvalue weighted by Gasteiger charge is 2.29. The number of hydrogen-bond acceptors (Lipinski definition) is 2. The van der Waals surface area contributed by atoms with Crippen molar-refractivity contribution in [2.24, 2.45) is 0 Å². The number of phenols is 1. The van der Waals surface area contributed by atoms with Gasteiger partial charge in [0, 0.05) is 19.2 Å². The third-order valence-electron chi connectivity index (χ3n) is 2.76. The Labute approximate surface area is 107 Å². The summed E-state index contributed by atoms with van der Waals surface area (Å²) in [5.74, 6) is -2.77. The zero-order chi connectivity index (χ0) is 13.4. The molecule has 1 heterocycles. The summed E-state index contributed by atoms with van der Waals surface area (Å²) >= 11 is 5.76. The number of nitrogens with zero attached hydrogens (tertiary/aromatic N) is 1. The van der Waals surface area contributed by atoms with E-state index in [0.717, 1.165) is 17.0 Å². The number of amides is 1. The van der Waals surface area contributed by atoms with E-state index in [1.807, 2.05) is 0 Å². The van der Waals surface area contributed by atoms with Gasteiger partial charge in [-0.3, -0.25) is 4.79 Å². The summed E-state index contributed by atoms with van der Waals surface area (Å²) in [6.45, 7) is 0. The minimum absolute atomic E-state index is 0.118. The summed E-state index contributed by atoms with van der Waals surface area (Å²) < 4.78 is 27.4. The van der Waals surface area contributed by atoms with Crippen molar-refractivity contribution in [2.75, 3.05) is 7.05 Å². The van der Waals surface area contributed by atoms with Crippen LogP contribution < -0.4 is 0 Å². The van der Waals surface area contributed by atoms with Crippen molar-refractivity contribution in [3.05, 3.63) is 35.4 Å². The first kappa shape index (κ1) is 12.8. The molecule has 2 rings (SSSR count). The fourth-order valence-corrected chi connectivity index (χ4v) is 2.09. The molecule has 0 spiro atoms. The molecule has 0 aromatic heterocycles. The zero-order valence-corrected chi connectivity index (χ0v) is 10.2. The normalized spacial score (nSPS) is 20.0. The molecule has 1 atom stereocenters. The lowest BCUT2D eigenvalue weighted by molar-refractivity contribution is -0.126. The van der Waals surface area contributed by atoms with Gasteiger partial charge in [0.25, 0.3) is 0 Å². The van der Waals surface area contributed by atoms with Gasteiger partial charge in [0.05, 0.1) is 11.3 Å². The number of benzene rings is 1. The first-order valence-electron chi connectivity index (χ1n) is 5.22. The topological polar surface area (TPSA) is 40.5 Å². The lowest BCUT2D eigenvalue weighted by atomic mass is 10.0. The summed E-state index contributed by atoms with van der Waals surface area (Å²) in [5, 5.41) is 8.36. The third-order valence-corrected chi connectivity index (χ3v) is 3.13. The zero-order valence-electron chi connectivity index (χ0n) is 9.45. The van der Waals surface area contributed by atoms with Crippen LogP contribution in [-0.2, 0) is 4.79 Å². The molecule has 1 aliphatic heterocycles. The first-order chi connectivity index (χ1) is 8.41. The van der Waals surface area contributed by atoms with Crippen LogP contribution in [0, 0.1) is 11.6 Å².